The molecule has 1 aromatic heterocycles. The molecule has 0 saturated heterocycles. The van der Waals surface area contributed by atoms with Gasteiger partial charge in [-0.2, -0.15) is 0 Å². The van der Waals surface area contributed by atoms with Gasteiger partial charge in [0.2, 0.25) is 5.78 Å². The Labute approximate surface area is 158 Å². The zero-order valence-corrected chi connectivity index (χ0v) is 15.0. The van der Waals surface area contributed by atoms with Crippen molar-refractivity contribution in [3.05, 3.63) is 87.1 Å². The Hall–Kier alpha value is -3.25. The van der Waals surface area contributed by atoms with E-state index in [1.807, 2.05) is 18.4 Å². The lowest BCUT2D eigenvalue weighted by Gasteiger charge is -2.06. The van der Waals surface area contributed by atoms with Crippen LogP contribution in [0.4, 0.5) is 4.39 Å². The van der Waals surface area contributed by atoms with Gasteiger partial charge in [-0.15, -0.1) is 11.3 Å². The number of aryl methyl sites for hydroxylation is 1. The highest BCUT2D eigenvalue weighted by atomic mass is 32.1. The summed E-state index contributed by atoms with van der Waals surface area (Å²) in [5.74, 6) is -1.02. The topological polar surface area (TPSA) is 52.6 Å². The Bertz CT molecular complexity index is 1100. The van der Waals surface area contributed by atoms with Crippen LogP contribution in [0.2, 0.25) is 0 Å². The number of carbonyl (C=O) groups excluding carboxylic acids is 2. The number of halogens is 1. The first kappa shape index (κ1) is 17.2. The Morgan fingerprint density at radius 1 is 1.19 bits per heavy atom. The van der Waals surface area contributed by atoms with Crippen LogP contribution in [0.25, 0.3) is 6.08 Å². The van der Waals surface area contributed by atoms with Crippen molar-refractivity contribution in [2.24, 2.45) is 0 Å². The second-order valence-electron chi connectivity index (χ2n) is 5.93. The van der Waals surface area contributed by atoms with E-state index in [4.69, 9.17) is 9.47 Å². The lowest BCUT2D eigenvalue weighted by atomic mass is 10.1. The molecule has 0 N–H and O–H groups in total. The van der Waals surface area contributed by atoms with Crippen molar-refractivity contribution >= 4 is 29.2 Å². The summed E-state index contributed by atoms with van der Waals surface area (Å²) in [6.07, 6.45) is 1.70. The molecule has 4 rings (SSSR count). The van der Waals surface area contributed by atoms with Crippen molar-refractivity contribution in [1.29, 1.82) is 0 Å². The maximum Gasteiger partial charge on any atom is 0.346 e. The van der Waals surface area contributed by atoms with Crippen molar-refractivity contribution < 1.29 is 23.5 Å². The van der Waals surface area contributed by atoms with Gasteiger partial charge < -0.3 is 9.47 Å². The summed E-state index contributed by atoms with van der Waals surface area (Å²) in [4.78, 5) is 25.6. The van der Waals surface area contributed by atoms with E-state index in [9.17, 15) is 14.0 Å². The van der Waals surface area contributed by atoms with Crippen molar-refractivity contribution in [3.63, 3.8) is 0 Å². The molecule has 0 amide bonds. The summed E-state index contributed by atoms with van der Waals surface area (Å²) in [6.45, 7) is 1.95. The zero-order chi connectivity index (χ0) is 19.0. The van der Waals surface area contributed by atoms with Crippen LogP contribution in [-0.2, 0) is 0 Å². The SMILES string of the molecule is Cc1ccsc1/C=C1\Oc2cc(OC(=O)c3ccccc3F)ccc2C1=O. The number of hydrogen-bond donors (Lipinski definition) is 0. The molecule has 2 heterocycles. The molecule has 134 valence electrons. The van der Waals surface area contributed by atoms with E-state index in [1.54, 1.807) is 12.1 Å². The zero-order valence-electron chi connectivity index (χ0n) is 14.2. The summed E-state index contributed by atoms with van der Waals surface area (Å²) in [5.41, 5.74) is 1.28. The van der Waals surface area contributed by atoms with Crippen LogP contribution >= 0.6 is 11.3 Å². The molecule has 0 spiro atoms. The number of Topliss-reactive ketones (excluding diaryl/α,β-unsaturated/α-hetero) is 1. The van der Waals surface area contributed by atoms with Gasteiger partial charge in [-0.25, -0.2) is 9.18 Å². The Kier molecular flexibility index (Phi) is 4.33. The van der Waals surface area contributed by atoms with Gasteiger partial charge in [0.05, 0.1) is 11.1 Å². The minimum absolute atomic E-state index is 0.163. The van der Waals surface area contributed by atoms with Crippen molar-refractivity contribution in [2.45, 2.75) is 6.92 Å². The predicted molar refractivity (Wildman–Crippen MR) is 99.8 cm³/mol. The molecular weight excluding hydrogens is 367 g/mol. The number of ketones is 1. The molecule has 2 aromatic carbocycles. The molecule has 1 aliphatic rings. The second kappa shape index (κ2) is 6.81. The lowest BCUT2D eigenvalue weighted by Crippen LogP contribution is -2.10. The fraction of sp³-hybridized carbons (Fsp3) is 0.0476. The molecule has 6 heteroatoms. The first-order valence-corrected chi connectivity index (χ1v) is 9.00. The van der Waals surface area contributed by atoms with Gasteiger partial charge in [0.15, 0.2) is 5.76 Å². The Morgan fingerprint density at radius 3 is 2.74 bits per heavy atom. The number of rotatable bonds is 3. The largest absolute Gasteiger partial charge is 0.452 e. The lowest BCUT2D eigenvalue weighted by molar-refractivity contribution is 0.0729. The highest BCUT2D eigenvalue weighted by Gasteiger charge is 2.28. The van der Waals surface area contributed by atoms with E-state index in [1.165, 1.54) is 47.7 Å². The van der Waals surface area contributed by atoms with Gasteiger partial charge in [-0.05, 0) is 48.2 Å². The predicted octanol–water partition coefficient (Wildman–Crippen LogP) is 5.03. The third kappa shape index (κ3) is 3.27. The molecular formula is C21H13FO4S. The Morgan fingerprint density at radius 2 is 2.00 bits per heavy atom. The van der Waals surface area contributed by atoms with Crippen LogP contribution < -0.4 is 9.47 Å². The number of allylic oxidation sites excluding steroid dienone is 1. The van der Waals surface area contributed by atoms with Crippen LogP contribution in [0, 0.1) is 12.7 Å². The van der Waals surface area contributed by atoms with E-state index in [0.29, 0.717) is 11.3 Å². The van der Waals surface area contributed by atoms with E-state index < -0.39 is 11.8 Å². The number of benzene rings is 2. The van der Waals surface area contributed by atoms with E-state index in [-0.39, 0.29) is 22.9 Å². The minimum atomic E-state index is -0.817. The molecule has 0 aliphatic carbocycles. The van der Waals surface area contributed by atoms with Gasteiger partial charge in [0.25, 0.3) is 0 Å². The number of esters is 1. The monoisotopic (exact) mass is 380 g/mol. The third-order valence-electron chi connectivity index (χ3n) is 4.11. The number of ether oxygens (including phenoxy) is 2. The van der Waals surface area contributed by atoms with E-state index in [0.717, 1.165) is 10.4 Å². The van der Waals surface area contributed by atoms with Gasteiger partial charge in [-0.1, -0.05) is 12.1 Å². The first-order chi connectivity index (χ1) is 13.0. The molecule has 0 fully saturated rings. The van der Waals surface area contributed by atoms with Crippen molar-refractivity contribution in [1.82, 2.24) is 0 Å². The average molecular weight is 380 g/mol. The van der Waals surface area contributed by atoms with Crippen molar-refractivity contribution in [2.75, 3.05) is 0 Å². The third-order valence-corrected chi connectivity index (χ3v) is 5.08. The Balaban J connectivity index is 1.58. The maximum absolute atomic E-state index is 13.7. The summed E-state index contributed by atoms with van der Waals surface area (Å²) >= 11 is 1.51. The smallest absolute Gasteiger partial charge is 0.346 e. The molecule has 3 aromatic rings. The number of carbonyl (C=O) groups is 2. The van der Waals surface area contributed by atoms with Crippen LogP contribution in [0.15, 0.2) is 59.7 Å². The molecule has 0 bridgehead atoms. The number of thiophene rings is 1. The minimum Gasteiger partial charge on any atom is -0.452 e. The average Bonchev–Trinajstić information content (AvgIpc) is 3.19. The van der Waals surface area contributed by atoms with Crippen molar-refractivity contribution in [3.8, 4) is 11.5 Å². The van der Waals surface area contributed by atoms with Gasteiger partial charge in [0.1, 0.15) is 17.3 Å². The quantitative estimate of drug-likeness (QED) is 0.363. The number of fused-ring (bicyclic) bond motifs is 1. The first-order valence-electron chi connectivity index (χ1n) is 8.12. The van der Waals surface area contributed by atoms with Gasteiger partial charge in [-0.3, -0.25) is 4.79 Å². The van der Waals surface area contributed by atoms with E-state index >= 15 is 0 Å². The number of hydrogen-bond acceptors (Lipinski definition) is 5. The molecule has 4 nitrogen and oxygen atoms in total. The maximum atomic E-state index is 13.7. The fourth-order valence-corrected chi connectivity index (χ4v) is 3.52. The molecule has 0 saturated carbocycles. The standard InChI is InChI=1S/C21H13FO4S/c1-12-8-9-27-19(12)11-18-20(23)15-7-6-13(10-17(15)26-18)25-21(24)14-4-2-3-5-16(14)22/h2-11H,1H3/b18-11-. The van der Waals surface area contributed by atoms with E-state index in [2.05, 4.69) is 0 Å². The van der Waals surface area contributed by atoms with Crippen LogP contribution in [0.1, 0.15) is 31.2 Å². The molecule has 1 aliphatic heterocycles. The molecule has 0 radical (unpaired) electrons. The second-order valence-corrected chi connectivity index (χ2v) is 6.88. The summed E-state index contributed by atoms with van der Waals surface area (Å²) in [5, 5.41) is 1.94. The van der Waals surface area contributed by atoms with Gasteiger partial charge >= 0.3 is 5.97 Å². The van der Waals surface area contributed by atoms with Crippen LogP contribution in [0.5, 0.6) is 11.5 Å². The summed E-state index contributed by atoms with van der Waals surface area (Å²) in [6, 6.07) is 12.0. The summed E-state index contributed by atoms with van der Waals surface area (Å²) in [7, 11) is 0. The highest BCUT2D eigenvalue weighted by Crippen LogP contribution is 2.35. The molecule has 0 unspecified atom stereocenters. The summed E-state index contributed by atoms with van der Waals surface area (Å²) < 4.78 is 24.6. The molecule has 0 atom stereocenters. The fourth-order valence-electron chi connectivity index (χ4n) is 2.67. The normalized spacial score (nSPS) is 14.1. The van der Waals surface area contributed by atoms with Gasteiger partial charge in [0, 0.05) is 17.0 Å². The van der Waals surface area contributed by atoms with Crippen LogP contribution in [-0.4, -0.2) is 11.8 Å². The highest BCUT2D eigenvalue weighted by molar-refractivity contribution is 7.11. The molecule has 27 heavy (non-hydrogen) atoms. The van der Waals surface area contributed by atoms with Crippen LogP contribution in [0.3, 0.4) is 0 Å².